The van der Waals surface area contributed by atoms with Crippen LogP contribution in [0.3, 0.4) is 0 Å². The van der Waals surface area contributed by atoms with E-state index in [1.807, 2.05) is 4.90 Å². The zero-order valence-electron chi connectivity index (χ0n) is 15.4. The molecule has 2 N–H and O–H groups in total. The summed E-state index contributed by atoms with van der Waals surface area (Å²) in [5, 5.41) is 12.5. The minimum Gasteiger partial charge on any atom is -0.394 e. The molecule has 2 aliphatic rings. The summed E-state index contributed by atoms with van der Waals surface area (Å²) in [5.74, 6) is -0.777. The van der Waals surface area contributed by atoms with Gasteiger partial charge in [-0.3, -0.25) is 9.59 Å². The van der Waals surface area contributed by atoms with E-state index in [1.165, 1.54) is 30.7 Å². The molecule has 0 aliphatic carbocycles. The number of carbonyl (C=O) groups excluding carboxylic acids is 2. The van der Waals surface area contributed by atoms with E-state index in [-0.39, 0.29) is 30.2 Å². The second-order valence-electron chi connectivity index (χ2n) is 7.29. The van der Waals surface area contributed by atoms with Gasteiger partial charge in [-0.15, -0.1) is 0 Å². The molecule has 2 aliphatic heterocycles. The van der Waals surface area contributed by atoms with Gasteiger partial charge in [-0.25, -0.2) is 4.39 Å². The molecular weight excluding hydrogens is 351 g/mol. The average Bonchev–Trinajstić information content (AvgIpc) is 2.69. The van der Waals surface area contributed by atoms with Crippen molar-refractivity contribution in [2.75, 3.05) is 19.7 Å². The maximum Gasteiger partial charge on any atom is 0.251 e. The Balaban J connectivity index is 1.53. The van der Waals surface area contributed by atoms with E-state index in [0.29, 0.717) is 19.3 Å². The molecule has 7 heteroatoms. The van der Waals surface area contributed by atoms with Gasteiger partial charge in [0, 0.05) is 18.7 Å². The lowest BCUT2D eigenvalue weighted by Crippen LogP contribution is -2.51. The zero-order valence-corrected chi connectivity index (χ0v) is 15.4. The summed E-state index contributed by atoms with van der Waals surface area (Å²) in [7, 11) is 0. The molecule has 1 aromatic carbocycles. The van der Waals surface area contributed by atoms with E-state index in [1.54, 1.807) is 0 Å². The molecule has 0 spiro atoms. The Morgan fingerprint density at radius 2 is 2.00 bits per heavy atom. The first-order valence-electron chi connectivity index (χ1n) is 9.67. The van der Waals surface area contributed by atoms with E-state index in [0.717, 1.165) is 25.9 Å². The Kier molecular flexibility index (Phi) is 6.79. The van der Waals surface area contributed by atoms with Gasteiger partial charge in [0.15, 0.2) is 0 Å². The molecule has 27 heavy (non-hydrogen) atoms. The van der Waals surface area contributed by atoms with Crippen LogP contribution in [0.2, 0.25) is 0 Å². The summed E-state index contributed by atoms with van der Waals surface area (Å²) in [5.41, 5.74) is 0.231. The lowest BCUT2D eigenvalue weighted by atomic mass is 9.96. The third-order valence-corrected chi connectivity index (χ3v) is 5.31. The van der Waals surface area contributed by atoms with Crippen LogP contribution in [-0.4, -0.2) is 59.8 Å². The number of ether oxygens (including phenoxy) is 1. The highest BCUT2D eigenvalue weighted by atomic mass is 19.1. The van der Waals surface area contributed by atoms with Gasteiger partial charge < -0.3 is 20.1 Å². The molecule has 6 nitrogen and oxygen atoms in total. The predicted octanol–water partition coefficient (Wildman–Crippen LogP) is 1.87. The summed E-state index contributed by atoms with van der Waals surface area (Å²) >= 11 is 0. The number of amides is 2. The van der Waals surface area contributed by atoms with Crippen LogP contribution in [0, 0.1) is 5.82 Å². The summed E-state index contributed by atoms with van der Waals surface area (Å²) in [4.78, 5) is 26.6. The molecule has 0 radical (unpaired) electrons. The number of nitrogens with zero attached hydrogens (tertiary/aromatic N) is 1. The first kappa shape index (κ1) is 19.8. The third kappa shape index (κ3) is 5.26. The average molecular weight is 378 g/mol. The highest BCUT2D eigenvalue weighted by Gasteiger charge is 2.33. The van der Waals surface area contributed by atoms with Crippen molar-refractivity contribution in [2.45, 2.75) is 56.8 Å². The molecule has 2 saturated heterocycles. The number of aliphatic hydroxyl groups is 1. The Morgan fingerprint density at radius 3 is 2.70 bits per heavy atom. The van der Waals surface area contributed by atoms with Crippen LogP contribution in [0.4, 0.5) is 4.39 Å². The Hall–Kier alpha value is -1.99. The Labute approximate surface area is 158 Å². The number of hydrogen-bond acceptors (Lipinski definition) is 4. The van der Waals surface area contributed by atoms with Crippen molar-refractivity contribution in [2.24, 2.45) is 0 Å². The number of carbonyl (C=O) groups is 2. The maximum absolute atomic E-state index is 13.3. The lowest BCUT2D eigenvalue weighted by Gasteiger charge is -2.37. The number of benzene rings is 1. The number of likely N-dealkylation sites (tertiary alicyclic amines) is 1. The molecule has 0 bridgehead atoms. The van der Waals surface area contributed by atoms with Crippen molar-refractivity contribution in [3.05, 3.63) is 35.6 Å². The SMILES string of the molecule is O=C(N[C@@H]1CC[C@H](CC(=O)N2CCCCC2)O[C@H]1CO)c1cccc(F)c1. The first-order valence-corrected chi connectivity index (χ1v) is 9.67. The van der Waals surface area contributed by atoms with Gasteiger partial charge >= 0.3 is 0 Å². The second kappa shape index (κ2) is 9.28. The molecule has 2 amide bonds. The lowest BCUT2D eigenvalue weighted by molar-refractivity contribution is -0.141. The van der Waals surface area contributed by atoms with Gasteiger partial charge in [0.2, 0.25) is 5.91 Å². The van der Waals surface area contributed by atoms with E-state index >= 15 is 0 Å². The standard InChI is InChI=1S/C20H27FN2O4/c21-15-6-4-5-14(11-15)20(26)22-17-8-7-16(27-18(17)13-24)12-19(25)23-9-2-1-3-10-23/h4-6,11,16-18,24H,1-3,7-10,12-13H2,(H,22,26)/t16-,17-,18+/m1/s1. The molecule has 0 unspecified atom stereocenters. The van der Waals surface area contributed by atoms with Gasteiger partial charge in [-0.05, 0) is 50.3 Å². The number of nitrogens with one attached hydrogen (secondary N) is 1. The summed E-state index contributed by atoms with van der Waals surface area (Å²) in [6.45, 7) is 1.37. The van der Waals surface area contributed by atoms with Crippen molar-refractivity contribution in [3.8, 4) is 0 Å². The third-order valence-electron chi connectivity index (χ3n) is 5.31. The highest BCUT2D eigenvalue weighted by Crippen LogP contribution is 2.23. The van der Waals surface area contributed by atoms with Gasteiger partial charge in [0.1, 0.15) is 11.9 Å². The predicted molar refractivity (Wildman–Crippen MR) is 97.7 cm³/mol. The normalized spacial score (nSPS) is 25.9. The molecule has 0 saturated carbocycles. The Morgan fingerprint density at radius 1 is 1.22 bits per heavy atom. The van der Waals surface area contributed by atoms with Crippen LogP contribution in [0.1, 0.15) is 48.9 Å². The fourth-order valence-electron chi connectivity index (χ4n) is 3.80. The van der Waals surface area contributed by atoms with Crippen LogP contribution in [0.5, 0.6) is 0 Å². The minimum atomic E-state index is -0.574. The van der Waals surface area contributed by atoms with Crippen LogP contribution in [-0.2, 0) is 9.53 Å². The highest BCUT2D eigenvalue weighted by molar-refractivity contribution is 5.94. The fraction of sp³-hybridized carbons (Fsp3) is 0.600. The van der Waals surface area contributed by atoms with Crippen molar-refractivity contribution >= 4 is 11.8 Å². The summed E-state index contributed by atoms with van der Waals surface area (Å²) in [6, 6.07) is 5.10. The van der Waals surface area contributed by atoms with Crippen LogP contribution < -0.4 is 5.32 Å². The van der Waals surface area contributed by atoms with Gasteiger partial charge in [0.05, 0.1) is 25.2 Å². The smallest absolute Gasteiger partial charge is 0.251 e. The van der Waals surface area contributed by atoms with Gasteiger partial charge in [-0.2, -0.15) is 0 Å². The van der Waals surface area contributed by atoms with E-state index in [9.17, 15) is 19.1 Å². The van der Waals surface area contributed by atoms with Crippen molar-refractivity contribution in [1.29, 1.82) is 0 Å². The minimum absolute atomic E-state index is 0.0960. The van der Waals surface area contributed by atoms with E-state index in [2.05, 4.69) is 5.32 Å². The molecule has 148 valence electrons. The summed E-state index contributed by atoms with van der Waals surface area (Å²) in [6.07, 6.45) is 3.97. The fourth-order valence-corrected chi connectivity index (χ4v) is 3.80. The molecule has 2 fully saturated rings. The second-order valence-corrected chi connectivity index (χ2v) is 7.29. The number of rotatable bonds is 5. The zero-order chi connectivity index (χ0) is 19.2. The van der Waals surface area contributed by atoms with Crippen molar-refractivity contribution in [3.63, 3.8) is 0 Å². The van der Waals surface area contributed by atoms with E-state index < -0.39 is 17.8 Å². The molecular formula is C20H27FN2O4. The van der Waals surface area contributed by atoms with Crippen LogP contribution in [0.25, 0.3) is 0 Å². The quantitative estimate of drug-likeness (QED) is 0.820. The summed E-state index contributed by atoms with van der Waals surface area (Å²) < 4.78 is 19.2. The molecule has 1 aromatic rings. The topological polar surface area (TPSA) is 78.9 Å². The molecule has 3 rings (SSSR count). The maximum atomic E-state index is 13.3. The number of aliphatic hydroxyl groups excluding tert-OH is 1. The molecule has 2 heterocycles. The molecule has 0 aromatic heterocycles. The van der Waals surface area contributed by atoms with Crippen molar-refractivity contribution < 1.29 is 23.8 Å². The van der Waals surface area contributed by atoms with Gasteiger partial charge in [0.25, 0.3) is 5.91 Å². The Bertz CT molecular complexity index is 663. The number of hydrogen-bond donors (Lipinski definition) is 2. The van der Waals surface area contributed by atoms with Crippen LogP contribution >= 0.6 is 0 Å². The first-order chi connectivity index (χ1) is 13.1. The van der Waals surface area contributed by atoms with Crippen molar-refractivity contribution in [1.82, 2.24) is 10.2 Å². The van der Waals surface area contributed by atoms with E-state index in [4.69, 9.17) is 4.74 Å². The number of piperidine rings is 1. The van der Waals surface area contributed by atoms with Crippen LogP contribution in [0.15, 0.2) is 24.3 Å². The number of halogens is 1. The molecule has 3 atom stereocenters. The monoisotopic (exact) mass is 378 g/mol. The largest absolute Gasteiger partial charge is 0.394 e. The van der Waals surface area contributed by atoms with Gasteiger partial charge in [-0.1, -0.05) is 6.07 Å².